The van der Waals surface area contributed by atoms with Crippen molar-refractivity contribution in [1.29, 1.82) is 0 Å². The summed E-state index contributed by atoms with van der Waals surface area (Å²) in [6, 6.07) is 0. The number of alkyl halides is 3. The van der Waals surface area contributed by atoms with E-state index in [-0.39, 0.29) is 5.92 Å². The third kappa shape index (κ3) is 1.84. The lowest BCUT2D eigenvalue weighted by Crippen LogP contribution is -2.12. The normalized spacial score (nSPS) is 12.5. The Morgan fingerprint density at radius 3 is 2.15 bits per heavy atom. The molecule has 1 aromatic rings. The SMILES string of the molecule is CC(C)c1ncc(C(F)(F)F)n1C. The molecule has 13 heavy (non-hydrogen) atoms. The van der Waals surface area contributed by atoms with Crippen LogP contribution in [0.3, 0.4) is 0 Å². The highest BCUT2D eigenvalue weighted by molar-refractivity contribution is 5.10. The molecule has 0 aliphatic carbocycles. The summed E-state index contributed by atoms with van der Waals surface area (Å²) < 4.78 is 37.9. The average Bonchev–Trinajstić information content (AvgIpc) is 2.28. The Hall–Kier alpha value is -1.00. The van der Waals surface area contributed by atoms with Gasteiger partial charge in [-0.25, -0.2) is 4.98 Å². The van der Waals surface area contributed by atoms with E-state index in [1.165, 1.54) is 7.05 Å². The first-order chi connectivity index (χ1) is 5.84. The van der Waals surface area contributed by atoms with Crippen LogP contribution in [0.1, 0.15) is 31.3 Å². The largest absolute Gasteiger partial charge is 0.432 e. The maximum atomic E-state index is 12.3. The van der Waals surface area contributed by atoms with Crippen molar-refractivity contribution >= 4 is 0 Å². The van der Waals surface area contributed by atoms with Gasteiger partial charge in [-0.1, -0.05) is 13.8 Å². The molecule has 0 fully saturated rings. The van der Waals surface area contributed by atoms with Gasteiger partial charge in [0.25, 0.3) is 0 Å². The number of nitrogens with zero attached hydrogens (tertiary/aromatic N) is 2. The van der Waals surface area contributed by atoms with Crippen LogP contribution in [0.4, 0.5) is 13.2 Å². The Morgan fingerprint density at radius 1 is 1.38 bits per heavy atom. The second-order valence-electron chi connectivity index (χ2n) is 3.21. The molecule has 0 amide bonds. The second kappa shape index (κ2) is 3.05. The van der Waals surface area contributed by atoms with E-state index in [4.69, 9.17) is 0 Å². The summed E-state index contributed by atoms with van der Waals surface area (Å²) >= 11 is 0. The highest BCUT2D eigenvalue weighted by Crippen LogP contribution is 2.30. The van der Waals surface area contributed by atoms with Gasteiger partial charge >= 0.3 is 6.18 Å². The van der Waals surface area contributed by atoms with E-state index >= 15 is 0 Å². The minimum Gasteiger partial charge on any atom is -0.327 e. The molecule has 0 radical (unpaired) electrons. The van der Waals surface area contributed by atoms with Crippen molar-refractivity contribution in [3.05, 3.63) is 17.7 Å². The molecule has 0 atom stereocenters. The molecule has 0 aliphatic rings. The van der Waals surface area contributed by atoms with Crippen molar-refractivity contribution in [2.24, 2.45) is 7.05 Å². The molecule has 0 saturated carbocycles. The minimum atomic E-state index is -4.31. The van der Waals surface area contributed by atoms with Crippen LogP contribution in [-0.4, -0.2) is 9.55 Å². The molecule has 1 aromatic heterocycles. The fourth-order valence-electron chi connectivity index (χ4n) is 1.22. The van der Waals surface area contributed by atoms with E-state index < -0.39 is 11.9 Å². The third-order valence-electron chi connectivity index (χ3n) is 1.83. The fourth-order valence-corrected chi connectivity index (χ4v) is 1.22. The standard InChI is InChI=1S/C8H11F3N2/c1-5(2)7-12-4-6(13(7)3)8(9,10)11/h4-5H,1-3H3. The molecule has 0 aromatic carbocycles. The summed E-state index contributed by atoms with van der Waals surface area (Å²) in [7, 11) is 1.38. The molecule has 0 unspecified atom stereocenters. The Kier molecular flexibility index (Phi) is 2.36. The number of hydrogen-bond donors (Lipinski definition) is 0. The van der Waals surface area contributed by atoms with Crippen molar-refractivity contribution in [1.82, 2.24) is 9.55 Å². The number of imidazole rings is 1. The van der Waals surface area contributed by atoms with Crippen LogP contribution in [0.2, 0.25) is 0 Å². The van der Waals surface area contributed by atoms with Crippen LogP contribution in [-0.2, 0) is 13.2 Å². The predicted octanol–water partition coefficient (Wildman–Crippen LogP) is 2.56. The predicted molar refractivity (Wildman–Crippen MR) is 42.3 cm³/mol. The van der Waals surface area contributed by atoms with Gasteiger partial charge in [-0.2, -0.15) is 13.2 Å². The van der Waals surface area contributed by atoms with Crippen LogP contribution in [0, 0.1) is 0 Å². The molecule has 0 N–H and O–H groups in total. The lowest BCUT2D eigenvalue weighted by Gasteiger charge is -2.10. The van der Waals surface area contributed by atoms with Gasteiger partial charge in [0, 0.05) is 13.0 Å². The maximum Gasteiger partial charge on any atom is 0.432 e. The van der Waals surface area contributed by atoms with Crippen LogP contribution in [0.15, 0.2) is 6.20 Å². The van der Waals surface area contributed by atoms with Gasteiger partial charge in [0.05, 0.1) is 6.20 Å². The van der Waals surface area contributed by atoms with Crippen LogP contribution >= 0.6 is 0 Å². The Morgan fingerprint density at radius 2 is 1.92 bits per heavy atom. The van der Waals surface area contributed by atoms with E-state index in [2.05, 4.69) is 4.98 Å². The maximum absolute atomic E-state index is 12.3. The van der Waals surface area contributed by atoms with Crippen LogP contribution < -0.4 is 0 Å². The Bertz CT molecular complexity index is 299. The van der Waals surface area contributed by atoms with Crippen molar-refractivity contribution in [2.45, 2.75) is 25.9 Å². The van der Waals surface area contributed by atoms with Crippen molar-refractivity contribution in [3.63, 3.8) is 0 Å². The van der Waals surface area contributed by atoms with Crippen molar-refractivity contribution in [3.8, 4) is 0 Å². The highest BCUT2D eigenvalue weighted by Gasteiger charge is 2.35. The Labute approximate surface area is 74.4 Å². The van der Waals surface area contributed by atoms with Gasteiger partial charge in [0.15, 0.2) is 0 Å². The molecule has 0 aliphatic heterocycles. The summed E-state index contributed by atoms with van der Waals surface area (Å²) in [5.74, 6) is 0.452. The number of halogens is 3. The lowest BCUT2D eigenvalue weighted by atomic mass is 10.2. The van der Waals surface area contributed by atoms with Gasteiger partial charge in [0.1, 0.15) is 11.5 Å². The molecular formula is C8H11F3N2. The molecule has 1 rings (SSSR count). The molecule has 0 bridgehead atoms. The molecule has 0 saturated heterocycles. The van der Waals surface area contributed by atoms with E-state index in [0.29, 0.717) is 5.82 Å². The molecule has 74 valence electrons. The zero-order valence-corrected chi connectivity index (χ0v) is 7.68. The zero-order valence-electron chi connectivity index (χ0n) is 7.68. The van der Waals surface area contributed by atoms with Gasteiger partial charge in [-0.15, -0.1) is 0 Å². The van der Waals surface area contributed by atoms with E-state index in [9.17, 15) is 13.2 Å². The topological polar surface area (TPSA) is 17.8 Å². The van der Waals surface area contributed by atoms with Gasteiger partial charge in [0.2, 0.25) is 0 Å². The van der Waals surface area contributed by atoms with Gasteiger partial charge < -0.3 is 4.57 Å². The van der Waals surface area contributed by atoms with E-state index in [0.717, 1.165) is 10.8 Å². The first kappa shape index (κ1) is 10.1. The van der Waals surface area contributed by atoms with Crippen molar-refractivity contribution < 1.29 is 13.2 Å². The third-order valence-corrected chi connectivity index (χ3v) is 1.83. The second-order valence-corrected chi connectivity index (χ2v) is 3.21. The Balaban J connectivity index is 3.14. The first-order valence-electron chi connectivity index (χ1n) is 3.93. The molecular weight excluding hydrogens is 181 g/mol. The molecule has 0 spiro atoms. The summed E-state index contributed by atoms with van der Waals surface area (Å²) in [6.45, 7) is 3.62. The monoisotopic (exact) mass is 192 g/mol. The zero-order chi connectivity index (χ0) is 10.2. The first-order valence-corrected chi connectivity index (χ1v) is 3.93. The summed E-state index contributed by atoms with van der Waals surface area (Å²) in [5.41, 5.74) is -0.698. The van der Waals surface area contributed by atoms with Crippen LogP contribution in [0.5, 0.6) is 0 Å². The van der Waals surface area contributed by atoms with Gasteiger partial charge in [-0.05, 0) is 0 Å². The number of aromatic nitrogens is 2. The summed E-state index contributed by atoms with van der Waals surface area (Å²) in [6.07, 6.45) is -3.44. The van der Waals surface area contributed by atoms with Crippen molar-refractivity contribution in [2.75, 3.05) is 0 Å². The lowest BCUT2D eigenvalue weighted by molar-refractivity contribution is -0.143. The van der Waals surface area contributed by atoms with E-state index in [1.807, 2.05) is 13.8 Å². The molecule has 1 heterocycles. The summed E-state index contributed by atoms with van der Waals surface area (Å²) in [4.78, 5) is 3.72. The van der Waals surface area contributed by atoms with E-state index in [1.54, 1.807) is 0 Å². The van der Waals surface area contributed by atoms with Gasteiger partial charge in [-0.3, -0.25) is 0 Å². The summed E-state index contributed by atoms with van der Waals surface area (Å²) in [5, 5.41) is 0. The highest BCUT2D eigenvalue weighted by atomic mass is 19.4. The fraction of sp³-hybridized carbons (Fsp3) is 0.625. The van der Waals surface area contributed by atoms with Crippen LogP contribution in [0.25, 0.3) is 0 Å². The number of hydrogen-bond acceptors (Lipinski definition) is 1. The smallest absolute Gasteiger partial charge is 0.327 e. The molecule has 2 nitrogen and oxygen atoms in total. The minimum absolute atomic E-state index is 0.00102. The quantitative estimate of drug-likeness (QED) is 0.668. The average molecular weight is 192 g/mol. The molecule has 5 heteroatoms. The number of rotatable bonds is 1.